The van der Waals surface area contributed by atoms with E-state index >= 15 is 0 Å². The van der Waals surface area contributed by atoms with Gasteiger partial charge in [0.25, 0.3) is 0 Å². The minimum absolute atomic E-state index is 0.0487. The summed E-state index contributed by atoms with van der Waals surface area (Å²) in [5.74, 6) is -0.615. The Balaban J connectivity index is 2.27. The van der Waals surface area contributed by atoms with Crippen LogP contribution in [0.3, 0.4) is 0 Å². The molecule has 0 spiro atoms. The molecule has 1 atom stereocenters. The quantitative estimate of drug-likeness (QED) is 0.715. The van der Waals surface area contributed by atoms with Gasteiger partial charge in [-0.15, -0.1) is 0 Å². The van der Waals surface area contributed by atoms with Crippen LogP contribution in [0.25, 0.3) is 0 Å². The number of nitrogens with one attached hydrogen (secondary N) is 2. The molecule has 8 heteroatoms. The van der Waals surface area contributed by atoms with Crippen LogP contribution in [0, 0.1) is 0 Å². The summed E-state index contributed by atoms with van der Waals surface area (Å²) < 4.78 is 25.5. The van der Waals surface area contributed by atoms with Gasteiger partial charge in [-0.05, 0) is 48.9 Å². The molecule has 2 rings (SSSR count). The third kappa shape index (κ3) is 4.68. The second kappa shape index (κ2) is 8.11. The van der Waals surface area contributed by atoms with Gasteiger partial charge in [-0.1, -0.05) is 13.0 Å². The highest BCUT2D eigenvalue weighted by atomic mass is 32.2. The highest BCUT2D eigenvalue weighted by Crippen LogP contribution is 2.24. The third-order valence-electron chi connectivity index (χ3n) is 3.67. The second-order valence-electron chi connectivity index (χ2n) is 5.74. The number of carbonyl (C=O) groups excluding carboxylic acids is 2. The molecule has 138 valence electrons. The highest BCUT2D eigenvalue weighted by molar-refractivity contribution is 7.91. The number of benzene rings is 2. The molecule has 7 nitrogen and oxygen atoms in total. The summed E-state index contributed by atoms with van der Waals surface area (Å²) in [6.45, 7) is 3.16. The van der Waals surface area contributed by atoms with Crippen molar-refractivity contribution in [2.75, 3.05) is 10.6 Å². The van der Waals surface area contributed by atoms with E-state index in [1.54, 1.807) is 19.1 Å². The Morgan fingerprint density at radius 2 is 1.65 bits per heavy atom. The van der Waals surface area contributed by atoms with Gasteiger partial charge in [0.05, 0.1) is 15.8 Å². The first-order valence-electron chi connectivity index (χ1n) is 8.03. The standard InChI is InChI=1S/C18H21N3O4S/c1-3-17(19)18(23)21-14-5-4-6-16(11-14)26(24,25)15-9-7-13(8-10-15)20-12(2)22/h4-11,17H,3,19H2,1-2H3,(H,20,22)(H,21,23). The highest BCUT2D eigenvalue weighted by Gasteiger charge is 2.19. The molecule has 2 aromatic rings. The van der Waals surface area contributed by atoms with Crippen molar-refractivity contribution >= 4 is 33.0 Å². The van der Waals surface area contributed by atoms with Crippen LogP contribution < -0.4 is 16.4 Å². The van der Waals surface area contributed by atoms with Gasteiger partial charge in [0.15, 0.2) is 0 Å². The molecule has 0 aliphatic carbocycles. The first-order valence-corrected chi connectivity index (χ1v) is 9.51. The molecule has 0 bridgehead atoms. The van der Waals surface area contributed by atoms with Crippen LogP contribution in [0.5, 0.6) is 0 Å². The Bertz CT molecular complexity index is 908. The maximum Gasteiger partial charge on any atom is 0.241 e. The molecule has 2 aromatic carbocycles. The minimum Gasteiger partial charge on any atom is -0.326 e. The Morgan fingerprint density at radius 3 is 2.23 bits per heavy atom. The number of nitrogens with two attached hydrogens (primary N) is 1. The van der Waals surface area contributed by atoms with Gasteiger partial charge in [-0.2, -0.15) is 0 Å². The van der Waals surface area contributed by atoms with Crippen LogP contribution in [-0.2, 0) is 19.4 Å². The lowest BCUT2D eigenvalue weighted by molar-refractivity contribution is -0.117. The Morgan fingerprint density at radius 1 is 1.00 bits per heavy atom. The second-order valence-corrected chi connectivity index (χ2v) is 7.69. The van der Waals surface area contributed by atoms with Gasteiger partial charge in [0.2, 0.25) is 21.7 Å². The van der Waals surface area contributed by atoms with E-state index in [4.69, 9.17) is 5.73 Å². The smallest absolute Gasteiger partial charge is 0.241 e. The van der Waals surface area contributed by atoms with Crippen molar-refractivity contribution in [2.45, 2.75) is 36.1 Å². The van der Waals surface area contributed by atoms with E-state index in [0.717, 1.165) is 0 Å². The summed E-state index contributed by atoms with van der Waals surface area (Å²) in [7, 11) is -3.76. The van der Waals surface area contributed by atoms with Crippen LogP contribution in [0.2, 0.25) is 0 Å². The predicted molar refractivity (Wildman–Crippen MR) is 99.5 cm³/mol. The molecule has 0 aliphatic rings. The molecule has 0 heterocycles. The SMILES string of the molecule is CCC(N)C(=O)Nc1cccc(S(=O)(=O)c2ccc(NC(C)=O)cc2)c1. The lowest BCUT2D eigenvalue weighted by Gasteiger charge is -2.12. The van der Waals surface area contributed by atoms with Crippen molar-refractivity contribution in [3.63, 3.8) is 0 Å². The molecule has 26 heavy (non-hydrogen) atoms. The maximum atomic E-state index is 12.8. The van der Waals surface area contributed by atoms with Gasteiger partial charge in [0.1, 0.15) is 0 Å². The fourth-order valence-electron chi connectivity index (χ4n) is 2.22. The average Bonchev–Trinajstić information content (AvgIpc) is 2.61. The fourth-order valence-corrected chi connectivity index (χ4v) is 3.52. The molecular formula is C18H21N3O4S. The number of anilines is 2. The van der Waals surface area contributed by atoms with Crippen molar-refractivity contribution in [3.05, 3.63) is 48.5 Å². The van der Waals surface area contributed by atoms with Crippen LogP contribution in [-0.4, -0.2) is 26.3 Å². The van der Waals surface area contributed by atoms with E-state index in [9.17, 15) is 18.0 Å². The molecular weight excluding hydrogens is 354 g/mol. The summed E-state index contributed by atoms with van der Waals surface area (Å²) in [4.78, 5) is 23.1. The summed E-state index contributed by atoms with van der Waals surface area (Å²) >= 11 is 0. The first kappa shape index (κ1) is 19.6. The molecule has 0 fully saturated rings. The predicted octanol–water partition coefficient (Wildman–Crippen LogP) is 2.15. The summed E-state index contributed by atoms with van der Waals surface area (Å²) in [6.07, 6.45) is 0.477. The van der Waals surface area contributed by atoms with E-state index in [2.05, 4.69) is 10.6 Å². The van der Waals surface area contributed by atoms with Gasteiger partial charge >= 0.3 is 0 Å². The number of hydrogen-bond donors (Lipinski definition) is 3. The van der Waals surface area contributed by atoms with Crippen molar-refractivity contribution in [3.8, 4) is 0 Å². The van der Waals surface area contributed by atoms with Gasteiger partial charge in [-0.25, -0.2) is 8.42 Å². The zero-order chi connectivity index (χ0) is 19.3. The van der Waals surface area contributed by atoms with E-state index in [1.807, 2.05) is 0 Å². The monoisotopic (exact) mass is 375 g/mol. The number of hydrogen-bond acceptors (Lipinski definition) is 5. The van der Waals surface area contributed by atoms with E-state index in [-0.39, 0.29) is 21.6 Å². The van der Waals surface area contributed by atoms with Crippen LogP contribution in [0.15, 0.2) is 58.3 Å². The van der Waals surface area contributed by atoms with Crippen LogP contribution in [0.1, 0.15) is 20.3 Å². The molecule has 0 radical (unpaired) electrons. The Kier molecular flexibility index (Phi) is 6.12. The minimum atomic E-state index is -3.76. The molecule has 4 N–H and O–H groups in total. The summed E-state index contributed by atoms with van der Waals surface area (Å²) in [6, 6.07) is 11.2. The number of amides is 2. The molecule has 0 aromatic heterocycles. The summed E-state index contributed by atoms with van der Waals surface area (Å²) in [5, 5.41) is 5.19. The van der Waals surface area contributed by atoms with Gasteiger partial charge in [0, 0.05) is 18.3 Å². The van der Waals surface area contributed by atoms with E-state index in [1.165, 1.54) is 43.3 Å². The maximum absolute atomic E-state index is 12.8. The normalized spacial score (nSPS) is 12.3. The Labute approximate surface area is 152 Å². The van der Waals surface area contributed by atoms with Crippen molar-refractivity contribution in [1.82, 2.24) is 0 Å². The molecule has 1 unspecified atom stereocenters. The zero-order valence-electron chi connectivity index (χ0n) is 14.5. The Hall–Kier alpha value is -2.71. The number of rotatable bonds is 6. The molecule has 0 aliphatic heterocycles. The number of carbonyl (C=O) groups is 2. The van der Waals surface area contributed by atoms with Gasteiger partial charge in [-0.3, -0.25) is 9.59 Å². The largest absolute Gasteiger partial charge is 0.326 e. The molecule has 0 saturated carbocycles. The van der Waals surface area contributed by atoms with E-state index < -0.39 is 15.9 Å². The number of sulfone groups is 1. The fraction of sp³-hybridized carbons (Fsp3) is 0.222. The van der Waals surface area contributed by atoms with E-state index in [0.29, 0.717) is 17.8 Å². The van der Waals surface area contributed by atoms with Crippen molar-refractivity contribution in [1.29, 1.82) is 0 Å². The van der Waals surface area contributed by atoms with Crippen LogP contribution in [0.4, 0.5) is 11.4 Å². The average molecular weight is 375 g/mol. The first-order chi connectivity index (χ1) is 12.2. The third-order valence-corrected chi connectivity index (χ3v) is 5.44. The zero-order valence-corrected chi connectivity index (χ0v) is 15.3. The molecule has 0 saturated heterocycles. The molecule has 2 amide bonds. The lowest BCUT2D eigenvalue weighted by Crippen LogP contribution is -2.34. The topological polar surface area (TPSA) is 118 Å². The van der Waals surface area contributed by atoms with Crippen molar-refractivity contribution < 1.29 is 18.0 Å². The van der Waals surface area contributed by atoms with Gasteiger partial charge < -0.3 is 16.4 Å². The lowest BCUT2D eigenvalue weighted by atomic mass is 10.2. The summed E-state index contributed by atoms with van der Waals surface area (Å²) in [5.41, 5.74) is 6.53. The van der Waals surface area contributed by atoms with Crippen LogP contribution >= 0.6 is 0 Å². The van der Waals surface area contributed by atoms with Crippen molar-refractivity contribution in [2.24, 2.45) is 5.73 Å².